The van der Waals surface area contributed by atoms with Crippen LogP contribution in [-0.2, 0) is 16.6 Å². The van der Waals surface area contributed by atoms with Gasteiger partial charge in [-0.2, -0.15) is 4.31 Å². The lowest BCUT2D eigenvalue weighted by Gasteiger charge is -2.37. The summed E-state index contributed by atoms with van der Waals surface area (Å²) in [6.45, 7) is 6.50. The highest BCUT2D eigenvalue weighted by Crippen LogP contribution is 2.34. The summed E-state index contributed by atoms with van der Waals surface area (Å²) in [5, 5.41) is 19.3. The average molecular weight is 487 g/mol. The Morgan fingerprint density at radius 3 is 2.56 bits per heavy atom. The van der Waals surface area contributed by atoms with Gasteiger partial charge in [0.25, 0.3) is 0 Å². The number of likely N-dealkylation sites (N-methyl/N-ethyl adjacent to an activating group) is 1. The zero-order chi connectivity index (χ0) is 24.9. The van der Waals surface area contributed by atoms with E-state index in [0.29, 0.717) is 12.1 Å². The Hall–Kier alpha value is -2.41. The molecule has 0 aromatic heterocycles. The molecule has 0 unspecified atom stereocenters. The SMILES string of the molecule is C[C@H](CO)N1C[C@H](C)[C@@H](CN(C)Cc2ccccc2)Oc2cc(C#C[C@@H](C)O)ccc2S1(=O)=O. The Kier molecular flexibility index (Phi) is 8.74. The quantitative estimate of drug-likeness (QED) is 0.609. The molecule has 8 heteroatoms. The van der Waals surface area contributed by atoms with E-state index in [4.69, 9.17) is 4.74 Å². The first kappa shape index (κ1) is 26.2. The summed E-state index contributed by atoms with van der Waals surface area (Å²) in [5.74, 6) is 5.64. The van der Waals surface area contributed by atoms with Gasteiger partial charge in [-0.25, -0.2) is 8.42 Å². The fraction of sp³-hybridized carbons (Fsp3) is 0.462. The number of benzene rings is 2. The van der Waals surface area contributed by atoms with E-state index in [-0.39, 0.29) is 35.8 Å². The maximum Gasteiger partial charge on any atom is 0.247 e. The summed E-state index contributed by atoms with van der Waals surface area (Å²) in [4.78, 5) is 2.21. The molecular formula is C26H34N2O5S. The first-order valence-electron chi connectivity index (χ1n) is 11.5. The molecule has 3 rings (SSSR count). The van der Waals surface area contributed by atoms with Crippen molar-refractivity contribution in [3.8, 4) is 17.6 Å². The Labute approximate surface area is 203 Å². The summed E-state index contributed by atoms with van der Waals surface area (Å²) >= 11 is 0. The Balaban J connectivity index is 1.99. The van der Waals surface area contributed by atoms with E-state index in [0.717, 1.165) is 6.54 Å². The van der Waals surface area contributed by atoms with Crippen molar-refractivity contribution in [3.05, 3.63) is 59.7 Å². The summed E-state index contributed by atoms with van der Waals surface area (Å²) in [6, 6.07) is 14.3. The van der Waals surface area contributed by atoms with Crippen LogP contribution in [-0.4, -0.2) is 72.8 Å². The van der Waals surface area contributed by atoms with Crippen LogP contribution >= 0.6 is 0 Å². The lowest BCUT2D eigenvalue weighted by atomic mass is 10.0. The first-order valence-corrected chi connectivity index (χ1v) is 12.9. The van der Waals surface area contributed by atoms with Crippen molar-refractivity contribution in [2.75, 3.05) is 26.7 Å². The maximum absolute atomic E-state index is 13.5. The smallest absolute Gasteiger partial charge is 0.247 e. The molecular weight excluding hydrogens is 452 g/mol. The summed E-state index contributed by atoms with van der Waals surface area (Å²) in [7, 11) is -1.89. The molecule has 0 spiro atoms. The minimum Gasteiger partial charge on any atom is -0.487 e. The largest absolute Gasteiger partial charge is 0.487 e. The molecule has 2 aromatic carbocycles. The van der Waals surface area contributed by atoms with Crippen LogP contribution in [0.1, 0.15) is 31.9 Å². The molecule has 0 aliphatic carbocycles. The van der Waals surface area contributed by atoms with E-state index in [1.165, 1.54) is 15.9 Å². The van der Waals surface area contributed by atoms with Crippen molar-refractivity contribution in [2.24, 2.45) is 5.92 Å². The highest BCUT2D eigenvalue weighted by Gasteiger charge is 2.38. The predicted molar refractivity (Wildman–Crippen MR) is 132 cm³/mol. The van der Waals surface area contributed by atoms with Crippen molar-refractivity contribution in [3.63, 3.8) is 0 Å². The second-order valence-corrected chi connectivity index (χ2v) is 10.9. The topological polar surface area (TPSA) is 90.3 Å². The molecule has 7 nitrogen and oxygen atoms in total. The minimum atomic E-state index is -3.90. The van der Waals surface area contributed by atoms with Crippen LogP contribution in [0.15, 0.2) is 53.4 Å². The molecule has 4 atom stereocenters. The van der Waals surface area contributed by atoms with Crippen LogP contribution in [0.2, 0.25) is 0 Å². The van der Waals surface area contributed by atoms with Crippen molar-refractivity contribution < 1.29 is 23.4 Å². The van der Waals surface area contributed by atoms with Gasteiger partial charge in [0.05, 0.1) is 6.61 Å². The van der Waals surface area contributed by atoms with Crippen LogP contribution in [0.3, 0.4) is 0 Å². The molecule has 2 aromatic rings. The number of ether oxygens (including phenoxy) is 1. The van der Waals surface area contributed by atoms with Gasteiger partial charge in [0.2, 0.25) is 10.0 Å². The fourth-order valence-corrected chi connectivity index (χ4v) is 5.80. The molecule has 2 N–H and O–H groups in total. The molecule has 0 radical (unpaired) electrons. The standard InChI is InChI=1S/C26H34N2O5S/c1-19-15-28(20(2)18-29)34(31,32)26-13-12-22(11-10-21(3)30)14-24(26)33-25(19)17-27(4)16-23-8-6-5-7-9-23/h5-9,12-14,19-21,25,29-30H,15-18H2,1-4H3/t19-,20+,21+,25+/m0/s1. The molecule has 0 fully saturated rings. The second-order valence-electron chi connectivity index (χ2n) is 9.03. The number of hydrogen-bond donors (Lipinski definition) is 2. The average Bonchev–Trinajstić information content (AvgIpc) is 2.80. The lowest BCUT2D eigenvalue weighted by molar-refractivity contribution is 0.0733. The van der Waals surface area contributed by atoms with Crippen LogP contribution < -0.4 is 4.74 Å². The van der Waals surface area contributed by atoms with Crippen LogP contribution in [0.4, 0.5) is 0 Å². The van der Waals surface area contributed by atoms with Crippen LogP contribution in [0, 0.1) is 17.8 Å². The van der Waals surface area contributed by atoms with Gasteiger partial charge in [-0.15, -0.1) is 0 Å². The van der Waals surface area contributed by atoms with Crippen molar-refractivity contribution >= 4 is 10.0 Å². The van der Waals surface area contributed by atoms with Crippen molar-refractivity contribution in [1.29, 1.82) is 0 Å². The number of fused-ring (bicyclic) bond motifs is 1. The Bertz CT molecular complexity index is 1120. The van der Waals surface area contributed by atoms with Gasteiger partial charge in [0, 0.05) is 37.2 Å². The van der Waals surface area contributed by atoms with Gasteiger partial charge in [0.15, 0.2) is 0 Å². The zero-order valence-electron chi connectivity index (χ0n) is 20.2. The number of hydrogen-bond acceptors (Lipinski definition) is 6. The second kappa shape index (κ2) is 11.3. The molecule has 1 aliphatic heterocycles. The Morgan fingerprint density at radius 2 is 1.91 bits per heavy atom. The normalized spacial score (nSPS) is 21.9. The van der Waals surface area contributed by atoms with Crippen molar-refractivity contribution in [1.82, 2.24) is 9.21 Å². The molecule has 1 heterocycles. The summed E-state index contributed by atoms with van der Waals surface area (Å²) < 4.78 is 34.8. The number of sulfonamides is 1. The number of rotatable bonds is 6. The first-order chi connectivity index (χ1) is 16.1. The number of aliphatic hydroxyl groups excluding tert-OH is 2. The molecule has 0 bridgehead atoms. The molecule has 184 valence electrons. The van der Waals surface area contributed by atoms with Crippen LogP contribution in [0.5, 0.6) is 5.75 Å². The Morgan fingerprint density at radius 1 is 1.21 bits per heavy atom. The van der Waals surface area contributed by atoms with Gasteiger partial charge in [-0.05, 0) is 44.7 Å². The van der Waals surface area contributed by atoms with E-state index >= 15 is 0 Å². The third-order valence-corrected chi connectivity index (χ3v) is 7.90. The van der Waals surface area contributed by atoms with E-state index in [9.17, 15) is 18.6 Å². The minimum absolute atomic E-state index is 0.0537. The number of aliphatic hydroxyl groups is 2. The van der Waals surface area contributed by atoms with Gasteiger partial charge < -0.3 is 14.9 Å². The third kappa shape index (κ3) is 6.38. The maximum atomic E-state index is 13.5. The predicted octanol–water partition coefficient (Wildman–Crippen LogP) is 2.32. The molecule has 0 amide bonds. The zero-order valence-corrected chi connectivity index (χ0v) is 21.0. The van der Waals surface area contributed by atoms with E-state index in [1.807, 2.05) is 32.2 Å². The molecule has 0 saturated carbocycles. The number of nitrogens with zero attached hydrogens (tertiary/aromatic N) is 2. The van der Waals surface area contributed by atoms with E-state index in [2.05, 4.69) is 28.9 Å². The van der Waals surface area contributed by atoms with Gasteiger partial charge in [-0.3, -0.25) is 4.90 Å². The monoisotopic (exact) mass is 486 g/mol. The van der Waals surface area contributed by atoms with Gasteiger partial charge in [-0.1, -0.05) is 49.1 Å². The van der Waals surface area contributed by atoms with E-state index < -0.39 is 22.2 Å². The highest BCUT2D eigenvalue weighted by molar-refractivity contribution is 7.89. The van der Waals surface area contributed by atoms with E-state index in [1.54, 1.807) is 26.0 Å². The third-order valence-electron chi connectivity index (χ3n) is 5.88. The van der Waals surface area contributed by atoms with Gasteiger partial charge in [0.1, 0.15) is 22.9 Å². The molecule has 34 heavy (non-hydrogen) atoms. The highest BCUT2D eigenvalue weighted by atomic mass is 32.2. The molecule has 1 aliphatic rings. The summed E-state index contributed by atoms with van der Waals surface area (Å²) in [5.41, 5.74) is 1.74. The summed E-state index contributed by atoms with van der Waals surface area (Å²) in [6.07, 6.45) is -1.09. The molecule has 0 saturated heterocycles. The van der Waals surface area contributed by atoms with Gasteiger partial charge >= 0.3 is 0 Å². The lowest BCUT2D eigenvalue weighted by Crippen LogP contribution is -2.49. The fourth-order valence-electron chi connectivity index (χ4n) is 3.98. The van der Waals surface area contributed by atoms with Crippen LogP contribution in [0.25, 0.3) is 0 Å². The van der Waals surface area contributed by atoms with Crippen molar-refractivity contribution in [2.45, 2.75) is 50.5 Å².